The molecule has 4 saturated carbocycles. The first kappa shape index (κ1) is 75.7. The maximum atomic E-state index is 15.5. The van der Waals surface area contributed by atoms with Crippen LogP contribution in [-0.2, 0) is 66.4 Å². The highest BCUT2D eigenvalue weighted by atomic mass is 16.8. The summed E-state index contributed by atoms with van der Waals surface area (Å²) in [5.74, 6) is -3.56. The van der Waals surface area contributed by atoms with Crippen LogP contribution in [0.5, 0.6) is 0 Å². The highest BCUT2D eigenvalue weighted by Crippen LogP contribution is 2.76. The smallest absolute Gasteiger partial charge is 0.315 e. The number of aliphatic hydroxyl groups excluding tert-OH is 18. The molecule has 5 aliphatic carbocycles. The van der Waals surface area contributed by atoms with Gasteiger partial charge in [-0.25, -0.2) is 0 Å². The molecule has 19 N–H and O–H groups in total. The predicted octanol–water partition coefficient (Wildman–Crippen LogP) is -6.05. The van der Waals surface area contributed by atoms with Gasteiger partial charge < -0.3 is 154 Å². The van der Waals surface area contributed by atoms with E-state index in [1.807, 2.05) is 6.92 Å². The van der Waals surface area contributed by atoms with Gasteiger partial charge in [0.2, 0.25) is 6.29 Å². The molecule has 0 aromatic carbocycles. The lowest BCUT2D eigenvalue weighted by molar-refractivity contribution is -0.400. The monoisotopic (exact) mass is 1400 g/mol. The Balaban J connectivity index is 0.837. The van der Waals surface area contributed by atoms with E-state index >= 15 is 4.79 Å². The summed E-state index contributed by atoms with van der Waals surface area (Å²) in [4.78, 5) is 29.8. The van der Waals surface area contributed by atoms with Crippen molar-refractivity contribution in [3.05, 3.63) is 11.6 Å². The first-order valence-electron chi connectivity index (χ1n) is 33.8. The molecule has 6 heterocycles. The van der Waals surface area contributed by atoms with Crippen LogP contribution in [0.1, 0.15) is 106 Å². The normalized spacial score (nSPS) is 54.6. The average Bonchev–Trinajstić information content (AvgIpc) is 0.672. The second-order valence-corrected chi connectivity index (χ2v) is 30.9. The first-order valence-corrected chi connectivity index (χ1v) is 33.8. The van der Waals surface area contributed by atoms with Gasteiger partial charge in [0.05, 0.1) is 56.1 Å². The van der Waals surface area contributed by atoms with E-state index < -0.39 is 268 Å². The van der Waals surface area contributed by atoms with E-state index in [2.05, 4.69) is 33.8 Å². The summed E-state index contributed by atoms with van der Waals surface area (Å²) >= 11 is 0. The zero-order valence-electron chi connectivity index (χ0n) is 55.2. The average molecular weight is 1400 g/mol. The number of allylic oxidation sites excluding steroid dienone is 2. The van der Waals surface area contributed by atoms with Crippen molar-refractivity contribution in [2.45, 2.75) is 290 Å². The van der Waals surface area contributed by atoms with Crippen molar-refractivity contribution < 1.29 is 163 Å². The van der Waals surface area contributed by atoms with E-state index in [4.69, 9.17) is 56.8 Å². The van der Waals surface area contributed by atoms with Crippen molar-refractivity contribution in [3.8, 4) is 0 Å². The van der Waals surface area contributed by atoms with Gasteiger partial charge in [0.15, 0.2) is 37.6 Å². The number of carbonyl (C=O) groups excluding carboxylic acids is 1. The summed E-state index contributed by atoms with van der Waals surface area (Å²) in [6.45, 7) is 9.81. The zero-order chi connectivity index (χ0) is 70.9. The van der Waals surface area contributed by atoms with Gasteiger partial charge in [-0.3, -0.25) is 9.59 Å². The van der Waals surface area contributed by atoms with Crippen molar-refractivity contribution in [1.82, 2.24) is 0 Å². The molecule has 0 radical (unpaired) electrons. The van der Waals surface area contributed by atoms with Gasteiger partial charge in [-0.1, -0.05) is 46.3 Å². The van der Waals surface area contributed by atoms with E-state index in [0.29, 0.717) is 44.9 Å². The standard InChI is InChI=1S/C64H102O33/c1-23-46(92-51-43(80)34(71)27(69)21-86-51)42(79)45(82)52(88-23)93-47-35(72)28(70)22-87-54(47)97-58(85)64-14-12-59(2,3)16-25(64)24-8-9-32-60(4)17-26(68)50(63(7,57(83)84)33(60)10-11-62(32,6)61(24,5)13-15-64)96-56-49(41(78)38(75)31(20-67)91-56)95-55-48(40(77)37(74)30(19-66)90-55)94-53-44(81)39(76)36(73)29(18-65)89-53/h8,23,25-56,65-82H,9-22H2,1-7H3,(H,83,84)/t23-,25-,26-,27+,28-,29+,30+,31+,32?,33?,34-,35-,36+,37+,38+,39-,40-,41-,42-,43+,44+,45+,46-,47+,48+,49+,50-,51-,52?,53-,54-,55-,56-,60+,61+,62+,63-,64-/m0/s1. The van der Waals surface area contributed by atoms with Crippen LogP contribution in [0.3, 0.4) is 0 Å². The fourth-order valence-electron chi connectivity index (χ4n) is 18.9. The number of carbonyl (C=O) groups is 2. The molecule has 3 unspecified atom stereocenters. The maximum Gasteiger partial charge on any atom is 0.315 e. The molecule has 33 nitrogen and oxygen atoms in total. The van der Waals surface area contributed by atoms with Crippen LogP contribution in [0.2, 0.25) is 0 Å². The van der Waals surface area contributed by atoms with Crippen LogP contribution in [0, 0.1) is 50.2 Å². The molecule has 38 atom stereocenters. The third kappa shape index (κ3) is 12.8. The SMILES string of the molecule is C[C@@H]1OC(O[C@H]2[C@H](OC(=O)[C@]34CCC(C)(C)C[C@H]3C3=CCC5[C@@]6(C)C[C@H](O)[C@H](O[C@@H]7O[C@H](CO)[C@@H](O)[C@H](O)[C@H]7O[C@@H]7O[C@H](CO)[C@@H](O)[C@H](O)[C@H]7O[C@@H]7O[C@H](CO)[C@@H](O)[C@H](O)[C@H]7O)[C@@](C)(C(=O)O)C6CC[C@@]5(C)[C@]3(C)CC4)OC[C@H](O)[C@@H]2O)[C@H](O)[C@H](O)[C@H]1O[C@@H]1OC[C@@H](O)[C@H](O)[C@H]1O. The molecular formula is C64H102O33. The summed E-state index contributed by atoms with van der Waals surface area (Å²) in [5.41, 5.74) is -4.71. The van der Waals surface area contributed by atoms with Crippen LogP contribution < -0.4 is 0 Å². The summed E-state index contributed by atoms with van der Waals surface area (Å²) < 4.78 is 71.4. The third-order valence-electron chi connectivity index (χ3n) is 24.9. The molecule has 0 aromatic heterocycles. The maximum absolute atomic E-state index is 15.5. The first-order chi connectivity index (χ1) is 45.5. The lowest BCUT2D eigenvalue weighted by Gasteiger charge is -2.71. The second kappa shape index (κ2) is 28.2. The van der Waals surface area contributed by atoms with Crippen LogP contribution in [-0.4, -0.2) is 326 Å². The molecule has 556 valence electrons. The molecule has 6 saturated heterocycles. The molecule has 33 heteroatoms. The van der Waals surface area contributed by atoms with Gasteiger partial charge >= 0.3 is 11.9 Å². The number of ether oxygens (including phenoxy) is 12. The van der Waals surface area contributed by atoms with Crippen LogP contribution in [0.15, 0.2) is 11.6 Å². The summed E-state index contributed by atoms with van der Waals surface area (Å²) in [6, 6.07) is 0. The number of fused-ring (bicyclic) bond motifs is 7. The van der Waals surface area contributed by atoms with Gasteiger partial charge in [-0.2, -0.15) is 0 Å². The number of hydrogen-bond donors (Lipinski definition) is 19. The molecule has 10 fully saturated rings. The predicted molar refractivity (Wildman–Crippen MR) is 318 cm³/mol. The van der Waals surface area contributed by atoms with E-state index in [1.54, 1.807) is 0 Å². The highest BCUT2D eigenvalue weighted by Gasteiger charge is 2.73. The number of aliphatic hydroxyl groups is 18. The Morgan fingerprint density at radius 2 is 0.959 bits per heavy atom. The number of aliphatic carboxylic acids is 1. The van der Waals surface area contributed by atoms with Crippen molar-refractivity contribution in [2.75, 3.05) is 33.0 Å². The Morgan fingerprint density at radius 1 is 0.485 bits per heavy atom. The number of carboxylic acids is 1. The molecule has 11 rings (SSSR count). The minimum absolute atomic E-state index is 0.0516. The van der Waals surface area contributed by atoms with E-state index in [-0.39, 0.29) is 24.2 Å². The highest BCUT2D eigenvalue weighted by molar-refractivity contribution is 5.79. The van der Waals surface area contributed by atoms with E-state index in [1.165, 1.54) is 13.8 Å². The molecule has 0 bridgehead atoms. The Hall–Kier alpha value is -2.48. The van der Waals surface area contributed by atoms with Crippen molar-refractivity contribution >= 4 is 11.9 Å². The lowest BCUT2D eigenvalue weighted by atomic mass is 9.33. The molecule has 0 spiro atoms. The van der Waals surface area contributed by atoms with E-state index in [9.17, 15) is 102 Å². The Bertz CT molecular complexity index is 2780. The Morgan fingerprint density at radius 3 is 1.55 bits per heavy atom. The van der Waals surface area contributed by atoms with E-state index in [0.717, 1.165) is 5.57 Å². The zero-order valence-corrected chi connectivity index (χ0v) is 55.2. The number of carboxylic acid groups (broad SMARTS) is 1. The lowest BCUT2D eigenvalue weighted by Crippen LogP contribution is -2.71. The minimum Gasteiger partial charge on any atom is -0.481 e. The van der Waals surface area contributed by atoms with Crippen LogP contribution >= 0.6 is 0 Å². The fraction of sp³-hybridized carbons (Fsp3) is 0.938. The van der Waals surface area contributed by atoms with Crippen LogP contribution in [0.25, 0.3) is 0 Å². The largest absolute Gasteiger partial charge is 0.481 e. The van der Waals surface area contributed by atoms with Gasteiger partial charge in [0.25, 0.3) is 0 Å². The fourth-order valence-corrected chi connectivity index (χ4v) is 18.9. The summed E-state index contributed by atoms with van der Waals surface area (Å²) in [5, 5.41) is 208. The summed E-state index contributed by atoms with van der Waals surface area (Å²) in [7, 11) is 0. The van der Waals surface area contributed by atoms with Crippen molar-refractivity contribution in [3.63, 3.8) is 0 Å². The number of esters is 1. The summed E-state index contributed by atoms with van der Waals surface area (Å²) in [6.07, 6.45) is -47.6. The van der Waals surface area contributed by atoms with Gasteiger partial charge in [0, 0.05) is 0 Å². The van der Waals surface area contributed by atoms with Crippen molar-refractivity contribution in [2.24, 2.45) is 50.2 Å². The quantitative estimate of drug-likeness (QED) is 0.0389. The molecular weight excluding hydrogens is 1300 g/mol. The molecule has 11 aliphatic rings. The van der Waals surface area contributed by atoms with Crippen molar-refractivity contribution in [1.29, 1.82) is 0 Å². The molecule has 0 aromatic rings. The third-order valence-corrected chi connectivity index (χ3v) is 24.9. The molecule has 97 heavy (non-hydrogen) atoms. The van der Waals surface area contributed by atoms with Gasteiger partial charge in [-0.15, -0.1) is 0 Å². The number of rotatable bonds is 16. The number of hydrogen-bond acceptors (Lipinski definition) is 32. The van der Waals surface area contributed by atoms with Gasteiger partial charge in [0.1, 0.15) is 128 Å². The van der Waals surface area contributed by atoms with Crippen LogP contribution in [0.4, 0.5) is 0 Å². The molecule has 6 aliphatic heterocycles. The Labute approximate surface area is 559 Å². The molecule has 0 amide bonds. The Kier molecular flexibility index (Phi) is 22.0. The second-order valence-electron chi connectivity index (χ2n) is 30.9. The minimum atomic E-state index is -2.10. The van der Waals surface area contributed by atoms with Gasteiger partial charge in [-0.05, 0) is 111 Å². The topological polar surface area (TPSA) is 529 Å².